The van der Waals surface area contributed by atoms with Crippen molar-refractivity contribution >= 4 is 15.7 Å². The molecule has 1 aliphatic heterocycles. The van der Waals surface area contributed by atoms with Gasteiger partial charge in [0.2, 0.25) is 0 Å². The third-order valence-corrected chi connectivity index (χ3v) is 6.07. The van der Waals surface area contributed by atoms with Gasteiger partial charge in [0, 0.05) is 6.20 Å². The van der Waals surface area contributed by atoms with Crippen molar-refractivity contribution in [2.24, 2.45) is 5.92 Å². The van der Waals surface area contributed by atoms with E-state index >= 15 is 0 Å². The van der Waals surface area contributed by atoms with Crippen molar-refractivity contribution in [2.75, 3.05) is 11.1 Å². The van der Waals surface area contributed by atoms with E-state index in [1.54, 1.807) is 6.20 Å². The van der Waals surface area contributed by atoms with Crippen molar-refractivity contribution < 1.29 is 8.42 Å². The predicted octanol–water partition coefficient (Wildman–Crippen LogP) is 3.01. The Bertz CT molecular complexity index is 789. The number of sulfone groups is 1. The van der Waals surface area contributed by atoms with Gasteiger partial charge >= 0.3 is 0 Å². The highest BCUT2D eigenvalue weighted by atomic mass is 32.2. The van der Waals surface area contributed by atoms with Gasteiger partial charge in [0.25, 0.3) is 0 Å². The van der Waals surface area contributed by atoms with E-state index < -0.39 is 9.84 Å². The number of nitrogens with one attached hydrogen (secondary N) is 1. The first kappa shape index (κ1) is 15.9. The molecule has 0 radical (unpaired) electrons. The molecule has 0 fully saturated rings. The molecule has 0 bridgehead atoms. The minimum Gasteiger partial charge on any atom is -0.363 e. The van der Waals surface area contributed by atoms with Gasteiger partial charge in [-0.2, -0.15) is 0 Å². The standard InChI is InChI=1S/C17H21N3O2S/c1-12(2)17(20-16-7-8-18-11-19-16)14-6-5-13-4-3-9-23(21,22)15(13)10-14/h5-8,10-12,17H,3-4,9H2,1-2H3,(H,18,19,20)/t17-/m1/s1. The lowest BCUT2D eigenvalue weighted by atomic mass is 9.94. The minimum absolute atomic E-state index is 0.00711. The number of rotatable bonds is 4. The number of aryl methyl sites for hydroxylation is 1. The lowest BCUT2D eigenvalue weighted by Gasteiger charge is -2.25. The summed E-state index contributed by atoms with van der Waals surface area (Å²) in [6.45, 7) is 4.21. The van der Waals surface area contributed by atoms with E-state index in [1.807, 2.05) is 24.3 Å². The molecular weight excluding hydrogens is 310 g/mol. The first-order valence-electron chi connectivity index (χ1n) is 7.85. The van der Waals surface area contributed by atoms with Crippen molar-refractivity contribution in [3.63, 3.8) is 0 Å². The van der Waals surface area contributed by atoms with Crippen LogP contribution < -0.4 is 5.32 Å². The van der Waals surface area contributed by atoms with Crippen molar-refractivity contribution in [1.82, 2.24) is 9.97 Å². The number of benzene rings is 1. The average Bonchev–Trinajstić information content (AvgIpc) is 2.53. The van der Waals surface area contributed by atoms with Crippen molar-refractivity contribution in [2.45, 2.75) is 37.6 Å². The largest absolute Gasteiger partial charge is 0.363 e. The molecular formula is C17H21N3O2S. The number of anilines is 1. The van der Waals surface area contributed by atoms with Crippen LogP contribution in [-0.4, -0.2) is 24.1 Å². The maximum atomic E-state index is 12.3. The summed E-state index contributed by atoms with van der Waals surface area (Å²) in [5, 5.41) is 3.38. The lowest BCUT2D eigenvalue weighted by molar-refractivity contribution is 0.542. The second-order valence-corrected chi connectivity index (χ2v) is 8.33. The van der Waals surface area contributed by atoms with E-state index in [2.05, 4.69) is 29.1 Å². The number of nitrogens with zero attached hydrogens (tertiary/aromatic N) is 2. The van der Waals surface area contributed by atoms with E-state index in [0.29, 0.717) is 11.3 Å². The maximum absolute atomic E-state index is 12.3. The highest BCUT2D eigenvalue weighted by molar-refractivity contribution is 7.91. The van der Waals surface area contributed by atoms with Crippen LogP contribution in [0.2, 0.25) is 0 Å². The molecule has 0 saturated carbocycles. The topological polar surface area (TPSA) is 72.0 Å². The lowest BCUT2D eigenvalue weighted by Crippen LogP contribution is -2.20. The van der Waals surface area contributed by atoms with Gasteiger partial charge in [0.05, 0.1) is 16.7 Å². The number of hydrogen-bond acceptors (Lipinski definition) is 5. The highest BCUT2D eigenvalue weighted by Gasteiger charge is 2.26. The summed E-state index contributed by atoms with van der Waals surface area (Å²) in [6.07, 6.45) is 4.73. The Labute approximate surface area is 137 Å². The zero-order chi connectivity index (χ0) is 16.4. The summed E-state index contributed by atoms with van der Waals surface area (Å²) >= 11 is 0. The van der Waals surface area contributed by atoms with Gasteiger partial charge < -0.3 is 5.32 Å². The molecule has 2 aromatic rings. The Morgan fingerprint density at radius 2 is 2.04 bits per heavy atom. The summed E-state index contributed by atoms with van der Waals surface area (Å²) in [6, 6.07) is 7.62. The molecule has 0 saturated heterocycles. The number of fused-ring (bicyclic) bond motifs is 1. The summed E-state index contributed by atoms with van der Waals surface area (Å²) in [5.74, 6) is 1.27. The maximum Gasteiger partial charge on any atom is 0.178 e. The van der Waals surface area contributed by atoms with Gasteiger partial charge in [-0.15, -0.1) is 0 Å². The van der Waals surface area contributed by atoms with Gasteiger partial charge in [-0.3, -0.25) is 0 Å². The minimum atomic E-state index is -3.15. The molecule has 1 aliphatic rings. The van der Waals surface area contributed by atoms with Crippen LogP contribution in [0.15, 0.2) is 41.7 Å². The van der Waals surface area contributed by atoms with Crippen molar-refractivity contribution in [3.05, 3.63) is 47.9 Å². The molecule has 0 aliphatic carbocycles. The molecule has 0 spiro atoms. The van der Waals surface area contributed by atoms with E-state index in [4.69, 9.17) is 0 Å². The first-order valence-corrected chi connectivity index (χ1v) is 9.51. The van der Waals surface area contributed by atoms with E-state index in [1.165, 1.54) is 6.33 Å². The molecule has 1 N–H and O–H groups in total. The van der Waals surface area contributed by atoms with Crippen LogP contribution in [0.5, 0.6) is 0 Å². The molecule has 1 aromatic heterocycles. The SMILES string of the molecule is CC(C)[C@@H](Nc1ccncn1)c1ccc2c(c1)S(=O)(=O)CCC2. The smallest absolute Gasteiger partial charge is 0.178 e. The second kappa shape index (κ2) is 6.28. The molecule has 1 atom stereocenters. The molecule has 122 valence electrons. The van der Waals surface area contributed by atoms with Crippen LogP contribution >= 0.6 is 0 Å². The molecule has 23 heavy (non-hydrogen) atoms. The highest BCUT2D eigenvalue weighted by Crippen LogP contribution is 2.31. The molecule has 0 unspecified atom stereocenters. The molecule has 0 amide bonds. The first-order chi connectivity index (χ1) is 11.0. The summed E-state index contributed by atoms with van der Waals surface area (Å²) < 4.78 is 24.7. The van der Waals surface area contributed by atoms with E-state index in [-0.39, 0.29) is 17.7 Å². The van der Waals surface area contributed by atoms with Gasteiger partial charge in [0.1, 0.15) is 12.1 Å². The fourth-order valence-electron chi connectivity index (χ4n) is 2.99. The normalized spacial score (nSPS) is 17.5. The zero-order valence-electron chi connectivity index (χ0n) is 13.4. The van der Waals surface area contributed by atoms with Crippen LogP contribution in [0.4, 0.5) is 5.82 Å². The number of aromatic nitrogens is 2. The van der Waals surface area contributed by atoms with Crippen molar-refractivity contribution in [3.8, 4) is 0 Å². The fraction of sp³-hybridized carbons (Fsp3) is 0.412. The molecule has 2 heterocycles. The molecule has 6 heteroatoms. The van der Waals surface area contributed by atoms with Crippen LogP contribution in [0.25, 0.3) is 0 Å². The summed E-state index contributed by atoms with van der Waals surface area (Å²) in [4.78, 5) is 8.62. The Balaban J connectivity index is 1.98. The molecule has 3 rings (SSSR count). The van der Waals surface area contributed by atoms with Gasteiger partial charge in [-0.1, -0.05) is 26.0 Å². The molecule has 5 nitrogen and oxygen atoms in total. The Kier molecular flexibility index (Phi) is 4.35. The average molecular weight is 331 g/mol. The summed E-state index contributed by atoms with van der Waals surface area (Å²) in [7, 11) is -3.15. The monoisotopic (exact) mass is 331 g/mol. The molecule has 1 aromatic carbocycles. The predicted molar refractivity (Wildman–Crippen MR) is 90.0 cm³/mol. The van der Waals surface area contributed by atoms with Crippen molar-refractivity contribution in [1.29, 1.82) is 0 Å². The second-order valence-electron chi connectivity index (χ2n) is 6.25. The van der Waals surface area contributed by atoms with E-state index in [0.717, 1.165) is 23.4 Å². The number of hydrogen-bond donors (Lipinski definition) is 1. The summed E-state index contributed by atoms with van der Waals surface area (Å²) in [5.41, 5.74) is 1.91. The van der Waals surface area contributed by atoms with Crippen LogP contribution in [0.1, 0.15) is 37.4 Å². The zero-order valence-corrected chi connectivity index (χ0v) is 14.2. The van der Waals surface area contributed by atoms with Gasteiger partial charge in [0.15, 0.2) is 9.84 Å². The van der Waals surface area contributed by atoms with E-state index in [9.17, 15) is 8.42 Å². The third kappa shape index (κ3) is 3.37. The Hall–Kier alpha value is -1.95. The van der Waals surface area contributed by atoms with Crippen LogP contribution in [0, 0.1) is 5.92 Å². The Morgan fingerprint density at radius 3 is 2.74 bits per heavy atom. The fourth-order valence-corrected chi connectivity index (χ4v) is 4.62. The Morgan fingerprint density at radius 1 is 1.22 bits per heavy atom. The van der Waals surface area contributed by atoms with Gasteiger partial charge in [-0.05, 0) is 42.0 Å². The van der Waals surface area contributed by atoms with Gasteiger partial charge in [-0.25, -0.2) is 18.4 Å². The van der Waals surface area contributed by atoms with Crippen LogP contribution in [0.3, 0.4) is 0 Å². The quantitative estimate of drug-likeness (QED) is 0.932. The third-order valence-electron chi connectivity index (χ3n) is 4.20. The van der Waals surface area contributed by atoms with Crippen LogP contribution in [-0.2, 0) is 16.3 Å².